The normalized spacial score (nSPS) is 10.7. The highest BCUT2D eigenvalue weighted by Gasteiger charge is 2.15. The largest absolute Gasteiger partial charge is 0.454 e. The third kappa shape index (κ3) is 5.44. The van der Waals surface area contributed by atoms with Gasteiger partial charge in [0.1, 0.15) is 5.58 Å². The van der Waals surface area contributed by atoms with Crippen molar-refractivity contribution in [2.24, 2.45) is 0 Å². The lowest BCUT2D eigenvalue weighted by atomic mass is 10.1. The number of esters is 1. The first-order valence-corrected chi connectivity index (χ1v) is 9.24. The van der Waals surface area contributed by atoms with Gasteiger partial charge in [-0.25, -0.2) is 9.59 Å². The van der Waals surface area contributed by atoms with Crippen molar-refractivity contribution in [3.63, 3.8) is 0 Å². The maximum absolute atomic E-state index is 12.2. The van der Waals surface area contributed by atoms with E-state index in [1.165, 1.54) is 0 Å². The van der Waals surface area contributed by atoms with Crippen LogP contribution >= 0.6 is 0 Å². The average Bonchev–Trinajstić information content (AvgIpc) is 3.14. The van der Waals surface area contributed by atoms with Crippen molar-refractivity contribution < 1.29 is 23.5 Å². The maximum atomic E-state index is 12.2. The molecule has 0 unspecified atom stereocenters. The summed E-state index contributed by atoms with van der Waals surface area (Å²) < 4.78 is 10.6. The Morgan fingerprint density at radius 2 is 1.76 bits per heavy atom. The summed E-state index contributed by atoms with van der Waals surface area (Å²) in [5, 5.41) is 6.27. The fourth-order valence-electron chi connectivity index (χ4n) is 2.66. The quantitative estimate of drug-likeness (QED) is 0.471. The summed E-state index contributed by atoms with van der Waals surface area (Å²) in [5.74, 6) is -0.863. The lowest BCUT2D eigenvalue weighted by Crippen LogP contribution is -2.39. The highest BCUT2D eigenvalue weighted by atomic mass is 16.5. The van der Waals surface area contributed by atoms with Crippen LogP contribution in [-0.4, -0.2) is 30.4 Å². The van der Waals surface area contributed by atoms with Gasteiger partial charge >= 0.3 is 12.0 Å². The van der Waals surface area contributed by atoms with Crippen molar-refractivity contribution in [2.75, 3.05) is 6.61 Å². The number of rotatable bonds is 7. The number of carbonyl (C=O) groups is 3. The molecule has 3 aromatic rings. The number of para-hydroxylation sites is 1. The molecule has 29 heavy (non-hydrogen) atoms. The van der Waals surface area contributed by atoms with E-state index in [2.05, 4.69) is 10.6 Å². The second-order valence-corrected chi connectivity index (χ2v) is 6.83. The number of carbonyl (C=O) groups excluding carboxylic acids is 3. The van der Waals surface area contributed by atoms with Gasteiger partial charge in [0.25, 0.3) is 0 Å². The van der Waals surface area contributed by atoms with E-state index >= 15 is 0 Å². The molecule has 1 heterocycles. The molecule has 0 aliphatic rings. The summed E-state index contributed by atoms with van der Waals surface area (Å²) in [5.41, 5.74) is 1.75. The van der Waals surface area contributed by atoms with Crippen LogP contribution < -0.4 is 10.6 Å². The number of ketones is 1. The first kappa shape index (κ1) is 20.1. The predicted molar refractivity (Wildman–Crippen MR) is 108 cm³/mol. The number of nitrogens with one attached hydrogen (secondary N) is 2. The highest BCUT2D eigenvalue weighted by Crippen LogP contribution is 2.19. The van der Waals surface area contributed by atoms with Gasteiger partial charge in [0.2, 0.25) is 5.78 Å². The van der Waals surface area contributed by atoms with E-state index in [0.717, 1.165) is 10.9 Å². The van der Waals surface area contributed by atoms with Crippen LogP contribution in [0.25, 0.3) is 11.0 Å². The zero-order chi connectivity index (χ0) is 20.8. The van der Waals surface area contributed by atoms with Crippen LogP contribution in [0.5, 0.6) is 0 Å². The van der Waals surface area contributed by atoms with Crippen molar-refractivity contribution in [2.45, 2.75) is 26.4 Å². The molecule has 0 atom stereocenters. The lowest BCUT2D eigenvalue weighted by Gasteiger charge is -2.10. The van der Waals surface area contributed by atoms with Crippen molar-refractivity contribution in [1.29, 1.82) is 0 Å². The average molecular weight is 394 g/mol. The Morgan fingerprint density at radius 1 is 1.03 bits per heavy atom. The molecule has 0 bridgehead atoms. The molecule has 0 saturated carbocycles. The maximum Gasteiger partial charge on any atom is 0.338 e. The molecule has 7 heteroatoms. The van der Waals surface area contributed by atoms with Crippen LogP contribution in [0.4, 0.5) is 4.79 Å². The van der Waals surface area contributed by atoms with Gasteiger partial charge in [-0.1, -0.05) is 30.3 Å². The minimum Gasteiger partial charge on any atom is -0.454 e. The number of hydrogen-bond donors (Lipinski definition) is 2. The topological polar surface area (TPSA) is 97.6 Å². The van der Waals surface area contributed by atoms with E-state index in [1.807, 2.05) is 32.0 Å². The zero-order valence-electron chi connectivity index (χ0n) is 16.2. The van der Waals surface area contributed by atoms with E-state index in [-0.39, 0.29) is 17.8 Å². The predicted octanol–water partition coefficient (Wildman–Crippen LogP) is 3.68. The molecule has 0 spiro atoms. The number of furan rings is 1. The molecule has 1 aromatic heterocycles. The monoisotopic (exact) mass is 394 g/mol. The standard InChI is InChI=1S/C22H22N2O5/c1-14(2)24-22(27)23-12-15-7-9-16(10-8-15)21(26)28-13-18(25)20-11-17-5-3-4-6-19(17)29-20/h3-11,14H,12-13H2,1-2H3,(H2,23,24,27). The molecule has 0 aliphatic carbocycles. The lowest BCUT2D eigenvalue weighted by molar-refractivity contribution is 0.0468. The molecule has 2 N–H and O–H groups in total. The van der Waals surface area contributed by atoms with Gasteiger partial charge in [0.15, 0.2) is 12.4 Å². The van der Waals surface area contributed by atoms with Crippen LogP contribution in [0.1, 0.15) is 40.3 Å². The summed E-state index contributed by atoms with van der Waals surface area (Å²) in [6.45, 7) is 3.67. The Morgan fingerprint density at radius 3 is 2.45 bits per heavy atom. The minimum absolute atomic E-state index is 0.0504. The Hall–Kier alpha value is -3.61. The fourth-order valence-corrected chi connectivity index (χ4v) is 2.66. The smallest absolute Gasteiger partial charge is 0.338 e. The Labute approximate surface area is 168 Å². The van der Waals surface area contributed by atoms with Gasteiger partial charge in [0.05, 0.1) is 5.56 Å². The van der Waals surface area contributed by atoms with Crippen LogP contribution in [0, 0.1) is 0 Å². The van der Waals surface area contributed by atoms with E-state index < -0.39 is 18.4 Å². The van der Waals surface area contributed by atoms with Crippen molar-refractivity contribution >= 4 is 28.8 Å². The zero-order valence-corrected chi connectivity index (χ0v) is 16.2. The Kier molecular flexibility index (Phi) is 6.29. The van der Waals surface area contributed by atoms with Gasteiger partial charge in [-0.2, -0.15) is 0 Å². The van der Waals surface area contributed by atoms with Crippen LogP contribution in [0.2, 0.25) is 0 Å². The van der Waals surface area contributed by atoms with E-state index in [1.54, 1.807) is 36.4 Å². The van der Waals surface area contributed by atoms with Crippen LogP contribution in [-0.2, 0) is 11.3 Å². The Bertz CT molecular complexity index is 988. The van der Waals surface area contributed by atoms with E-state index in [0.29, 0.717) is 17.7 Å². The molecule has 0 saturated heterocycles. The number of benzene rings is 2. The van der Waals surface area contributed by atoms with E-state index in [9.17, 15) is 14.4 Å². The summed E-state index contributed by atoms with van der Waals surface area (Å²) in [6.07, 6.45) is 0. The highest BCUT2D eigenvalue weighted by molar-refractivity contribution is 6.00. The number of urea groups is 1. The molecular weight excluding hydrogens is 372 g/mol. The molecule has 2 aromatic carbocycles. The van der Waals surface area contributed by atoms with Gasteiger partial charge < -0.3 is 19.8 Å². The fraction of sp³-hybridized carbons (Fsp3) is 0.227. The minimum atomic E-state index is -0.605. The van der Waals surface area contributed by atoms with Crippen molar-refractivity contribution in [3.8, 4) is 0 Å². The van der Waals surface area contributed by atoms with Gasteiger partial charge in [-0.15, -0.1) is 0 Å². The summed E-state index contributed by atoms with van der Waals surface area (Å²) in [7, 11) is 0. The number of hydrogen-bond acceptors (Lipinski definition) is 5. The SMILES string of the molecule is CC(C)NC(=O)NCc1ccc(C(=O)OCC(=O)c2cc3ccccc3o2)cc1. The van der Waals surface area contributed by atoms with Crippen LogP contribution in [0.15, 0.2) is 59.0 Å². The summed E-state index contributed by atoms with van der Waals surface area (Å²) in [6, 6.07) is 15.3. The van der Waals surface area contributed by atoms with Gasteiger partial charge in [-0.3, -0.25) is 4.79 Å². The first-order chi connectivity index (χ1) is 13.9. The molecule has 0 fully saturated rings. The molecule has 2 amide bonds. The Balaban J connectivity index is 1.51. The van der Waals surface area contributed by atoms with Gasteiger partial charge in [-0.05, 0) is 43.7 Å². The van der Waals surface area contributed by atoms with E-state index in [4.69, 9.17) is 9.15 Å². The second-order valence-electron chi connectivity index (χ2n) is 6.83. The van der Waals surface area contributed by atoms with Crippen molar-refractivity contribution in [1.82, 2.24) is 10.6 Å². The van der Waals surface area contributed by atoms with Gasteiger partial charge in [0, 0.05) is 18.0 Å². The molecule has 0 aliphatic heterocycles. The third-order valence-electron chi connectivity index (χ3n) is 4.10. The van der Waals surface area contributed by atoms with Crippen LogP contribution in [0.3, 0.4) is 0 Å². The molecule has 3 rings (SSSR count). The molecule has 150 valence electrons. The summed E-state index contributed by atoms with van der Waals surface area (Å²) >= 11 is 0. The summed E-state index contributed by atoms with van der Waals surface area (Å²) in [4.78, 5) is 36.0. The number of ether oxygens (including phenoxy) is 1. The number of fused-ring (bicyclic) bond motifs is 1. The number of Topliss-reactive ketones (excluding diaryl/α,β-unsaturated/α-hetero) is 1. The first-order valence-electron chi connectivity index (χ1n) is 9.24. The molecule has 7 nitrogen and oxygen atoms in total. The second kappa shape index (κ2) is 9.05. The van der Waals surface area contributed by atoms with Crippen molar-refractivity contribution in [3.05, 3.63) is 71.5 Å². The third-order valence-corrected chi connectivity index (χ3v) is 4.10. The number of amides is 2. The molecule has 0 radical (unpaired) electrons. The molecular formula is C22H22N2O5.